The van der Waals surface area contributed by atoms with Gasteiger partial charge in [-0.3, -0.25) is 0 Å². The number of hydrogen-bond acceptors (Lipinski definition) is 3. The number of ether oxygens (including phenoxy) is 1. The van der Waals surface area contributed by atoms with Crippen LogP contribution in [0.1, 0.15) is 6.42 Å². The molecule has 0 aromatic heterocycles. The van der Waals surface area contributed by atoms with Crippen LogP contribution in [-0.4, -0.2) is 17.2 Å². The highest BCUT2D eigenvalue weighted by Gasteiger charge is 2.40. The molecular formula is C8H8O3. The number of fused-ring (bicyclic) bond motifs is 1. The molecule has 0 spiro atoms. The van der Waals surface area contributed by atoms with Gasteiger partial charge in [-0.2, -0.15) is 0 Å². The monoisotopic (exact) mass is 152 g/mol. The van der Waals surface area contributed by atoms with E-state index >= 15 is 0 Å². The van der Waals surface area contributed by atoms with Crippen molar-refractivity contribution in [2.24, 2.45) is 5.92 Å². The Morgan fingerprint density at radius 3 is 3.27 bits per heavy atom. The van der Waals surface area contributed by atoms with Crippen LogP contribution in [0.2, 0.25) is 0 Å². The lowest BCUT2D eigenvalue weighted by atomic mass is 10.0. The molecule has 11 heavy (non-hydrogen) atoms. The summed E-state index contributed by atoms with van der Waals surface area (Å²) >= 11 is 0. The Morgan fingerprint density at radius 2 is 2.55 bits per heavy atom. The third-order valence-corrected chi connectivity index (χ3v) is 2.10. The number of aliphatic hydroxyl groups is 1. The highest BCUT2D eigenvalue weighted by molar-refractivity contribution is 5.92. The topological polar surface area (TPSA) is 46.5 Å². The standard InChI is InChI=1S/C8H8O3/c9-4-6-5-2-1-3-7(5)11-8(6)10/h1-2,4-5,7,9H,3H2/b6-4+/t5-,7+/m0/s1. The molecule has 0 amide bonds. The van der Waals surface area contributed by atoms with E-state index in [4.69, 9.17) is 9.84 Å². The molecule has 3 heteroatoms. The van der Waals surface area contributed by atoms with Crippen LogP contribution in [0.3, 0.4) is 0 Å². The Hall–Kier alpha value is -1.25. The van der Waals surface area contributed by atoms with Crippen molar-refractivity contribution < 1.29 is 14.6 Å². The van der Waals surface area contributed by atoms with Crippen molar-refractivity contribution in [3.8, 4) is 0 Å². The van der Waals surface area contributed by atoms with Gasteiger partial charge >= 0.3 is 5.97 Å². The molecule has 3 nitrogen and oxygen atoms in total. The molecule has 1 heterocycles. The summed E-state index contributed by atoms with van der Waals surface area (Å²) in [6.45, 7) is 0. The fourth-order valence-electron chi connectivity index (χ4n) is 1.54. The highest BCUT2D eigenvalue weighted by Crippen LogP contribution is 2.34. The Balaban J connectivity index is 2.33. The first-order chi connectivity index (χ1) is 5.33. The average molecular weight is 152 g/mol. The predicted molar refractivity (Wildman–Crippen MR) is 37.8 cm³/mol. The van der Waals surface area contributed by atoms with Gasteiger partial charge in [-0.15, -0.1) is 0 Å². The molecule has 1 fully saturated rings. The molecule has 2 atom stereocenters. The van der Waals surface area contributed by atoms with Gasteiger partial charge in [-0.25, -0.2) is 4.79 Å². The molecule has 0 saturated carbocycles. The lowest BCUT2D eigenvalue weighted by Gasteiger charge is -2.03. The molecule has 2 aliphatic rings. The van der Waals surface area contributed by atoms with Crippen molar-refractivity contribution in [3.63, 3.8) is 0 Å². The maximum atomic E-state index is 10.9. The first-order valence-corrected chi connectivity index (χ1v) is 3.55. The molecule has 0 aromatic rings. The van der Waals surface area contributed by atoms with Gasteiger partial charge in [-0.05, 0) is 0 Å². The quantitative estimate of drug-likeness (QED) is 0.243. The number of aliphatic hydroxyl groups excluding tert-OH is 1. The molecule has 58 valence electrons. The maximum absolute atomic E-state index is 10.9. The Labute approximate surface area is 64.0 Å². The number of rotatable bonds is 0. The summed E-state index contributed by atoms with van der Waals surface area (Å²) in [5, 5.41) is 8.69. The first-order valence-electron chi connectivity index (χ1n) is 3.55. The minimum absolute atomic E-state index is 0.00694. The van der Waals surface area contributed by atoms with E-state index < -0.39 is 0 Å². The average Bonchev–Trinajstić information content (AvgIpc) is 2.46. The lowest BCUT2D eigenvalue weighted by molar-refractivity contribution is -0.138. The fourth-order valence-corrected chi connectivity index (χ4v) is 1.54. The molecule has 1 N–H and O–H groups in total. The fraction of sp³-hybridized carbons (Fsp3) is 0.375. The van der Waals surface area contributed by atoms with Crippen LogP contribution in [0.5, 0.6) is 0 Å². The van der Waals surface area contributed by atoms with Crippen molar-refractivity contribution in [1.29, 1.82) is 0 Å². The van der Waals surface area contributed by atoms with Crippen molar-refractivity contribution >= 4 is 5.97 Å². The van der Waals surface area contributed by atoms with Crippen LogP contribution in [0.15, 0.2) is 24.0 Å². The van der Waals surface area contributed by atoms with E-state index in [9.17, 15) is 4.79 Å². The van der Waals surface area contributed by atoms with Gasteiger partial charge in [0, 0.05) is 12.3 Å². The summed E-state index contributed by atoms with van der Waals surface area (Å²) < 4.78 is 4.96. The zero-order valence-corrected chi connectivity index (χ0v) is 5.86. The Kier molecular flexibility index (Phi) is 1.24. The lowest BCUT2D eigenvalue weighted by Crippen LogP contribution is -2.08. The predicted octanol–water partition coefficient (Wildman–Crippen LogP) is 0.930. The minimum atomic E-state index is -0.383. The van der Waals surface area contributed by atoms with E-state index in [-0.39, 0.29) is 18.0 Å². The first kappa shape index (κ1) is 6.46. The third-order valence-electron chi connectivity index (χ3n) is 2.10. The van der Waals surface area contributed by atoms with Crippen molar-refractivity contribution in [2.75, 3.05) is 0 Å². The second-order valence-corrected chi connectivity index (χ2v) is 2.72. The smallest absolute Gasteiger partial charge is 0.338 e. The third kappa shape index (κ3) is 0.770. The maximum Gasteiger partial charge on any atom is 0.338 e. The summed E-state index contributed by atoms with van der Waals surface area (Å²) in [4.78, 5) is 10.9. The van der Waals surface area contributed by atoms with Gasteiger partial charge in [0.25, 0.3) is 0 Å². The van der Waals surface area contributed by atoms with Crippen LogP contribution in [0.25, 0.3) is 0 Å². The van der Waals surface area contributed by atoms with Crippen molar-refractivity contribution in [1.82, 2.24) is 0 Å². The molecule has 0 bridgehead atoms. The Bertz CT molecular complexity index is 252. The van der Waals surface area contributed by atoms with Crippen LogP contribution in [-0.2, 0) is 9.53 Å². The molecule has 1 aliphatic heterocycles. The second kappa shape index (κ2) is 2.12. The SMILES string of the molecule is O=C1O[C@@H]2CC=C[C@H]2/C1=C\O. The zero-order chi connectivity index (χ0) is 7.84. The molecule has 1 aliphatic carbocycles. The second-order valence-electron chi connectivity index (χ2n) is 2.72. The number of esters is 1. The van der Waals surface area contributed by atoms with Gasteiger partial charge in [0.05, 0.1) is 11.8 Å². The largest absolute Gasteiger partial charge is 0.515 e. The van der Waals surface area contributed by atoms with Crippen LogP contribution >= 0.6 is 0 Å². The van der Waals surface area contributed by atoms with Gasteiger partial charge in [0.2, 0.25) is 0 Å². The van der Waals surface area contributed by atoms with Crippen molar-refractivity contribution in [3.05, 3.63) is 24.0 Å². The zero-order valence-electron chi connectivity index (χ0n) is 5.86. The number of carbonyl (C=O) groups excluding carboxylic acids is 1. The van der Waals surface area contributed by atoms with Crippen LogP contribution < -0.4 is 0 Å². The van der Waals surface area contributed by atoms with E-state index in [0.29, 0.717) is 5.57 Å². The Morgan fingerprint density at radius 1 is 1.73 bits per heavy atom. The highest BCUT2D eigenvalue weighted by atomic mass is 16.6. The summed E-state index contributed by atoms with van der Waals surface area (Å²) in [6, 6.07) is 0. The molecule has 0 unspecified atom stereocenters. The number of hydrogen-bond donors (Lipinski definition) is 1. The van der Waals surface area contributed by atoms with Gasteiger partial charge in [0.1, 0.15) is 6.10 Å². The van der Waals surface area contributed by atoms with Gasteiger partial charge in [-0.1, -0.05) is 12.2 Å². The van der Waals surface area contributed by atoms with Gasteiger partial charge in [0.15, 0.2) is 0 Å². The summed E-state index contributed by atoms with van der Waals surface area (Å²) in [6.07, 6.45) is 5.43. The van der Waals surface area contributed by atoms with Crippen molar-refractivity contribution in [2.45, 2.75) is 12.5 Å². The van der Waals surface area contributed by atoms with E-state index in [0.717, 1.165) is 12.7 Å². The molecule has 1 saturated heterocycles. The summed E-state index contributed by atoms with van der Waals surface area (Å²) in [5.41, 5.74) is 0.378. The summed E-state index contributed by atoms with van der Waals surface area (Å²) in [7, 11) is 0. The summed E-state index contributed by atoms with van der Waals surface area (Å²) in [5.74, 6) is -0.389. The van der Waals surface area contributed by atoms with E-state index in [1.807, 2.05) is 12.2 Å². The molecular weight excluding hydrogens is 144 g/mol. The minimum Gasteiger partial charge on any atom is -0.515 e. The normalized spacial score (nSPS) is 37.8. The van der Waals surface area contributed by atoms with Gasteiger partial charge < -0.3 is 9.84 Å². The molecule has 0 aromatic carbocycles. The van der Waals surface area contributed by atoms with Crippen LogP contribution in [0.4, 0.5) is 0 Å². The van der Waals surface area contributed by atoms with E-state index in [1.165, 1.54) is 0 Å². The van der Waals surface area contributed by atoms with E-state index in [1.54, 1.807) is 0 Å². The van der Waals surface area contributed by atoms with E-state index in [2.05, 4.69) is 0 Å². The molecule has 0 radical (unpaired) electrons. The molecule has 2 rings (SSSR count). The van der Waals surface area contributed by atoms with Crippen LogP contribution in [0, 0.1) is 5.92 Å². The number of carbonyl (C=O) groups is 1.